The summed E-state index contributed by atoms with van der Waals surface area (Å²) >= 11 is 7.02. The minimum Gasteiger partial charge on any atom is -0.456 e. The van der Waals surface area contributed by atoms with Crippen LogP contribution in [0.3, 0.4) is 0 Å². The molecule has 0 radical (unpaired) electrons. The Morgan fingerprint density at radius 1 is 1.28 bits per heavy atom. The quantitative estimate of drug-likeness (QED) is 0.663. The van der Waals surface area contributed by atoms with Crippen LogP contribution >= 0.6 is 23.4 Å². The van der Waals surface area contributed by atoms with E-state index in [1.165, 1.54) is 6.07 Å². The van der Waals surface area contributed by atoms with Crippen molar-refractivity contribution in [3.8, 4) is 5.75 Å². The van der Waals surface area contributed by atoms with Crippen LogP contribution in [0.1, 0.15) is 25.3 Å². The van der Waals surface area contributed by atoms with Crippen molar-refractivity contribution < 1.29 is 27.5 Å². The molecule has 1 saturated heterocycles. The molecule has 1 N–H and O–H groups in total. The highest BCUT2D eigenvalue weighted by molar-refractivity contribution is 8.15. The molecule has 29 heavy (non-hydrogen) atoms. The van der Waals surface area contributed by atoms with Crippen LogP contribution < -0.4 is 10.1 Å². The average molecular weight is 444 g/mol. The number of alkyl halides is 3. The van der Waals surface area contributed by atoms with Gasteiger partial charge in [-0.2, -0.15) is 13.2 Å². The van der Waals surface area contributed by atoms with E-state index in [9.17, 15) is 22.8 Å². The normalized spacial score (nSPS) is 31.5. The van der Waals surface area contributed by atoms with Crippen LogP contribution in [0.4, 0.5) is 18.0 Å². The summed E-state index contributed by atoms with van der Waals surface area (Å²) in [6.07, 6.45) is 2.78. The summed E-state index contributed by atoms with van der Waals surface area (Å²) in [6.45, 7) is 2.06. The third-order valence-corrected chi connectivity index (χ3v) is 7.34. The van der Waals surface area contributed by atoms with Crippen LogP contribution in [-0.2, 0) is 11.0 Å². The first-order valence-corrected chi connectivity index (χ1v) is 10.3. The van der Waals surface area contributed by atoms with Crippen LogP contribution in [0.5, 0.6) is 5.75 Å². The second kappa shape index (κ2) is 7.09. The number of hydrogen-bond donors (Lipinski definition) is 1. The van der Waals surface area contributed by atoms with E-state index in [0.29, 0.717) is 5.76 Å². The molecule has 154 valence electrons. The van der Waals surface area contributed by atoms with Gasteiger partial charge in [0.2, 0.25) is 5.91 Å². The molecule has 1 heterocycles. The third-order valence-electron chi connectivity index (χ3n) is 5.93. The number of carbonyl (C=O) groups excluding carboxylic acids is 2. The Morgan fingerprint density at radius 2 is 2.03 bits per heavy atom. The average Bonchev–Trinajstić information content (AvgIpc) is 3.13. The van der Waals surface area contributed by atoms with Gasteiger partial charge in [0, 0.05) is 0 Å². The van der Waals surface area contributed by atoms with Gasteiger partial charge in [0.1, 0.15) is 11.5 Å². The monoisotopic (exact) mass is 443 g/mol. The minimum absolute atomic E-state index is 0.00709. The standard InChI is InChI=1S/C20H17ClF3NO3S/c1-19-7-6-12(28-15-5-3-11(9-14(15)21)20(22,23)24)8-10(19)2-4-13(19)16-17(26)25-18(27)29-16/h3,5-10,13,16H,2,4H2,1H3,(H,25,26,27)/t10?,13-,16?,19?/m0/s1. The lowest BCUT2D eigenvalue weighted by molar-refractivity contribution is -0.137. The van der Waals surface area contributed by atoms with Crippen molar-refractivity contribution in [2.45, 2.75) is 31.2 Å². The van der Waals surface area contributed by atoms with E-state index in [1.54, 1.807) is 6.08 Å². The van der Waals surface area contributed by atoms with Crippen LogP contribution in [0.25, 0.3) is 0 Å². The molecule has 9 heteroatoms. The van der Waals surface area contributed by atoms with Gasteiger partial charge in [0.05, 0.1) is 15.8 Å². The first-order valence-electron chi connectivity index (χ1n) is 9.05. The number of amides is 2. The molecule has 1 aromatic carbocycles. The summed E-state index contributed by atoms with van der Waals surface area (Å²) in [7, 11) is 0. The molecule has 2 fully saturated rings. The van der Waals surface area contributed by atoms with Gasteiger partial charge in [-0.05, 0) is 60.4 Å². The maximum absolute atomic E-state index is 12.8. The molecule has 1 aliphatic heterocycles. The Kier molecular flexibility index (Phi) is 4.98. The number of nitrogens with one attached hydrogen (secondary N) is 1. The summed E-state index contributed by atoms with van der Waals surface area (Å²) in [5.41, 5.74) is -1.15. The van der Waals surface area contributed by atoms with Gasteiger partial charge in [0.25, 0.3) is 5.24 Å². The third kappa shape index (κ3) is 3.68. The second-order valence-corrected chi connectivity index (χ2v) is 9.14. The predicted octanol–water partition coefficient (Wildman–Crippen LogP) is 5.58. The molecule has 4 rings (SSSR count). The van der Waals surface area contributed by atoms with E-state index < -0.39 is 17.0 Å². The highest BCUT2D eigenvalue weighted by Gasteiger charge is 2.53. The van der Waals surface area contributed by atoms with E-state index in [-0.39, 0.29) is 39.2 Å². The molecule has 4 nitrogen and oxygen atoms in total. The fourth-order valence-corrected chi connectivity index (χ4v) is 5.72. The highest BCUT2D eigenvalue weighted by atomic mass is 35.5. The van der Waals surface area contributed by atoms with Crippen molar-refractivity contribution >= 4 is 34.5 Å². The summed E-state index contributed by atoms with van der Waals surface area (Å²) in [6, 6.07) is 2.97. The zero-order chi connectivity index (χ0) is 21.0. The van der Waals surface area contributed by atoms with Crippen LogP contribution in [0.2, 0.25) is 5.02 Å². The molecule has 4 atom stereocenters. The van der Waals surface area contributed by atoms with Gasteiger partial charge >= 0.3 is 6.18 Å². The summed E-state index contributed by atoms with van der Waals surface area (Å²) in [5, 5.41) is 1.49. The number of thioether (sulfide) groups is 1. The summed E-state index contributed by atoms with van der Waals surface area (Å²) < 4.78 is 44.1. The Bertz CT molecular complexity index is 945. The number of rotatable bonds is 3. The maximum atomic E-state index is 12.8. The maximum Gasteiger partial charge on any atom is 0.416 e. The fourth-order valence-electron chi connectivity index (χ4n) is 4.35. The molecule has 2 aliphatic carbocycles. The molecule has 0 spiro atoms. The lowest BCUT2D eigenvalue weighted by Gasteiger charge is -2.37. The molecular weight excluding hydrogens is 427 g/mol. The van der Waals surface area contributed by atoms with Crippen molar-refractivity contribution in [3.63, 3.8) is 0 Å². The lowest BCUT2D eigenvalue weighted by Crippen LogP contribution is -2.38. The number of imide groups is 1. The van der Waals surface area contributed by atoms with Gasteiger partial charge in [-0.25, -0.2) is 0 Å². The number of allylic oxidation sites excluding steroid dienone is 3. The van der Waals surface area contributed by atoms with Crippen LogP contribution in [0.15, 0.2) is 42.2 Å². The highest BCUT2D eigenvalue weighted by Crippen LogP contribution is 2.55. The summed E-state index contributed by atoms with van der Waals surface area (Å²) in [4.78, 5) is 23.7. The van der Waals surface area contributed by atoms with E-state index >= 15 is 0 Å². The lowest BCUT2D eigenvalue weighted by atomic mass is 9.70. The van der Waals surface area contributed by atoms with Crippen molar-refractivity contribution in [1.29, 1.82) is 0 Å². The van der Waals surface area contributed by atoms with Crippen molar-refractivity contribution in [2.24, 2.45) is 17.3 Å². The SMILES string of the molecule is CC12C=CC(Oc3ccc(C(F)(F)F)cc3Cl)=CC1CC[C@H]2C1SC(=O)NC1=O. The Morgan fingerprint density at radius 3 is 2.66 bits per heavy atom. The zero-order valence-electron chi connectivity index (χ0n) is 15.3. The first kappa shape index (κ1) is 20.3. The minimum atomic E-state index is -4.47. The van der Waals surface area contributed by atoms with E-state index in [2.05, 4.69) is 12.2 Å². The number of hydrogen-bond acceptors (Lipinski definition) is 4. The van der Waals surface area contributed by atoms with E-state index in [1.807, 2.05) is 12.2 Å². The van der Waals surface area contributed by atoms with Gasteiger partial charge < -0.3 is 4.74 Å². The van der Waals surface area contributed by atoms with Crippen LogP contribution in [-0.4, -0.2) is 16.4 Å². The molecular formula is C20H17ClF3NO3S. The molecule has 3 aliphatic rings. The van der Waals surface area contributed by atoms with E-state index in [4.69, 9.17) is 16.3 Å². The smallest absolute Gasteiger partial charge is 0.416 e. The van der Waals surface area contributed by atoms with Crippen molar-refractivity contribution in [2.75, 3.05) is 0 Å². The van der Waals surface area contributed by atoms with Gasteiger partial charge in [-0.1, -0.05) is 36.4 Å². The Balaban J connectivity index is 1.52. The van der Waals surface area contributed by atoms with Gasteiger partial charge in [0.15, 0.2) is 0 Å². The van der Waals surface area contributed by atoms with Gasteiger partial charge in [-0.3, -0.25) is 14.9 Å². The second-order valence-electron chi connectivity index (χ2n) is 7.62. The van der Waals surface area contributed by atoms with Crippen molar-refractivity contribution in [1.82, 2.24) is 5.32 Å². The number of halogens is 4. The largest absolute Gasteiger partial charge is 0.456 e. The predicted molar refractivity (Wildman–Crippen MR) is 104 cm³/mol. The van der Waals surface area contributed by atoms with Gasteiger partial charge in [-0.15, -0.1) is 0 Å². The molecule has 1 saturated carbocycles. The first-order chi connectivity index (χ1) is 13.6. The van der Waals surface area contributed by atoms with Crippen LogP contribution in [0, 0.1) is 17.3 Å². The molecule has 2 amide bonds. The molecule has 3 unspecified atom stereocenters. The topological polar surface area (TPSA) is 55.4 Å². The summed E-state index contributed by atoms with van der Waals surface area (Å²) in [5.74, 6) is 0.486. The van der Waals surface area contributed by atoms with Crippen molar-refractivity contribution in [3.05, 3.63) is 52.8 Å². The van der Waals surface area contributed by atoms with E-state index in [0.717, 1.165) is 36.7 Å². The molecule has 1 aromatic rings. The number of benzene rings is 1. The fraction of sp³-hybridized carbons (Fsp3) is 0.400. The Hall–Kier alpha value is -1.93. The number of ether oxygens (including phenoxy) is 1. The Labute approximate surface area is 174 Å². The number of carbonyl (C=O) groups is 2. The number of fused-ring (bicyclic) bond motifs is 1. The molecule has 0 aromatic heterocycles. The molecule has 0 bridgehead atoms. The zero-order valence-corrected chi connectivity index (χ0v) is 16.8.